The molecule has 2 aromatic rings. The molecule has 1 aliphatic rings. The Morgan fingerprint density at radius 2 is 1.89 bits per heavy atom. The fourth-order valence-corrected chi connectivity index (χ4v) is 3.38. The van der Waals surface area contributed by atoms with Gasteiger partial charge in [0.25, 0.3) is 0 Å². The molecule has 3 rings (SSSR count). The summed E-state index contributed by atoms with van der Waals surface area (Å²) in [6, 6.07) is 13.7. The van der Waals surface area contributed by atoms with Crippen LogP contribution in [0.1, 0.15) is 40.9 Å². The minimum absolute atomic E-state index is 0.0407. The number of amides is 1. The average Bonchev–Trinajstić information content (AvgIpc) is 2.67. The fraction of sp³-hybridized carbons (Fsp3) is 0.286. The summed E-state index contributed by atoms with van der Waals surface area (Å²) in [5.74, 6) is -0.779. The van der Waals surface area contributed by atoms with Crippen LogP contribution in [0.25, 0.3) is 0 Å². The minimum atomic E-state index is -0.503. The second kappa shape index (κ2) is 8.03. The van der Waals surface area contributed by atoms with Gasteiger partial charge in [0.05, 0.1) is 25.1 Å². The summed E-state index contributed by atoms with van der Waals surface area (Å²) >= 11 is 0. The van der Waals surface area contributed by atoms with Crippen molar-refractivity contribution < 1.29 is 23.9 Å². The lowest BCUT2D eigenvalue weighted by Gasteiger charge is -2.36. The topological polar surface area (TPSA) is 72.9 Å². The van der Waals surface area contributed by atoms with Crippen molar-refractivity contribution in [1.82, 2.24) is 4.90 Å². The Kier molecular flexibility index (Phi) is 5.54. The Hall–Kier alpha value is -3.15. The molecule has 0 aromatic heterocycles. The second-order valence-corrected chi connectivity index (χ2v) is 6.37. The molecule has 1 aliphatic heterocycles. The summed E-state index contributed by atoms with van der Waals surface area (Å²) in [5.41, 5.74) is 2.41. The third-order valence-electron chi connectivity index (χ3n) is 4.66. The van der Waals surface area contributed by atoms with Crippen LogP contribution in [-0.4, -0.2) is 36.4 Å². The summed E-state index contributed by atoms with van der Waals surface area (Å²) in [7, 11) is 1.29. The molecule has 0 bridgehead atoms. The van der Waals surface area contributed by atoms with E-state index in [2.05, 4.69) is 4.74 Å². The first-order valence-electron chi connectivity index (χ1n) is 8.73. The van der Waals surface area contributed by atoms with Crippen LogP contribution in [0.15, 0.2) is 48.5 Å². The fourth-order valence-electron chi connectivity index (χ4n) is 3.38. The Morgan fingerprint density at radius 3 is 2.63 bits per heavy atom. The molecule has 0 saturated heterocycles. The summed E-state index contributed by atoms with van der Waals surface area (Å²) in [6.07, 6.45) is 0.807. The molecule has 6 nitrogen and oxygen atoms in total. The number of carbonyl (C=O) groups is 3. The number of esters is 2. The van der Waals surface area contributed by atoms with E-state index in [-0.39, 0.29) is 24.1 Å². The number of fused-ring (bicyclic) bond motifs is 1. The molecule has 1 atom stereocenters. The Balaban J connectivity index is 1.78. The maximum absolute atomic E-state index is 12.5. The van der Waals surface area contributed by atoms with Gasteiger partial charge in [0.1, 0.15) is 5.75 Å². The number of hydrogen-bond acceptors (Lipinski definition) is 5. The van der Waals surface area contributed by atoms with Crippen LogP contribution in [0.5, 0.6) is 5.75 Å². The third-order valence-corrected chi connectivity index (χ3v) is 4.66. The van der Waals surface area contributed by atoms with E-state index in [1.807, 2.05) is 24.3 Å². The summed E-state index contributed by atoms with van der Waals surface area (Å²) in [6.45, 7) is 2.08. The first-order chi connectivity index (χ1) is 13.0. The van der Waals surface area contributed by atoms with Crippen molar-refractivity contribution in [2.75, 3.05) is 13.7 Å². The van der Waals surface area contributed by atoms with E-state index in [1.54, 1.807) is 23.1 Å². The van der Waals surface area contributed by atoms with Gasteiger partial charge in [0.2, 0.25) is 5.91 Å². The number of methoxy groups -OCH3 is 1. The highest BCUT2D eigenvalue weighted by atomic mass is 16.5. The van der Waals surface area contributed by atoms with Gasteiger partial charge in [-0.15, -0.1) is 0 Å². The summed E-state index contributed by atoms with van der Waals surface area (Å²) < 4.78 is 10.1. The lowest BCUT2D eigenvalue weighted by molar-refractivity contribution is -0.138. The van der Waals surface area contributed by atoms with Crippen LogP contribution in [0.3, 0.4) is 0 Å². The summed E-state index contributed by atoms with van der Waals surface area (Å²) in [4.78, 5) is 37.9. The monoisotopic (exact) mass is 367 g/mol. The molecule has 0 aliphatic carbocycles. The molecule has 1 heterocycles. The highest BCUT2D eigenvalue weighted by Crippen LogP contribution is 2.32. The molecule has 0 spiro atoms. The SMILES string of the molecule is COC(=O)c1cccc(OC(=O)CC2c3ccccc3CCN2C(C)=O)c1. The molecule has 1 unspecified atom stereocenters. The first kappa shape index (κ1) is 18.6. The molecule has 2 aromatic carbocycles. The van der Waals surface area contributed by atoms with Crippen LogP contribution in [0.2, 0.25) is 0 Å². The zero-order chi connectivity index (χ0) is 19.4. The van der Waals surface area contributed by atoms with Crippen molar-refractivity contribution in [3.05, 3.63) is 65.2 Å². The van der Waals surface area contributed by atoms with Crippen molar-refractivity contribution in [3.8, 4) is 5.75 Å². The number of benzene rings is 2. The lowest BCUT2D eigenvalue weighted by Crippen LogP contribution is -2.40. The maximum Gasteiger partial charge on any atom is 0.337 e. The van der Waals surface area contributed by atoms with E-state index in [9.17, 15) is 14.4 Å². The van der Waals surface area contributed by atoms with Crippen LogP contribution in [0, 0.1) is 0 Å². The zero-order valence-electron chi connectivity index (χ0n) is 15.3. The van der Waals surface area contributed by atoms with E-state index < -0.39 is 11.9 Å². The largest absolute Gasteiger partial charge is 0.465 e. The molecular weight excluding hydrogens is 346 g/mol. The van der Waals surface area contributed by atoms with Gasteiger partial charge in [-0.05, 0) is 35.7 Å². The molecule has 0 fully saturated rings. The van der Waals surface area contributed by atoms with Crippen molar-refractivity contribution in [2.24, 2.45) is 0 Å². The smallest absolute Gasteiger partial charge is 0.337 e. The predicted octanol–water partition coefficient (Wildman–Crippen LogP) is 2.91. The quantitative estimate of drug-likeness (QED) is 0.614. The van der Waals surface area contributed by atoms with E-state index in [1.165, 1.54) is 20.1 Å². The molecule has 0 saturated carbocycles. The number of ether oxygens (including phenoxy) is 2. The minimum Gasteiger partial charge on any atom is -0.465 e. The lowest BCUT2D eigenvalue weighted by atomic mass is 9.90. The number of nitrogens with zero attached hydrogens (tertiary/aromatic N) is 1. The third kappa shape index (κ3) is 4.16. The average molecular weight is 367 g/mol. The van der Waals surface area contributed by atoms with Gasteiger partial charge >= 0.3 is 11.9 Å². The normalized spacial score (nSPS) is 15.6. The van der Waals surface area contributed by atoms with E-state index in [4.69, 9.17) is 4.74 Å². The van der Waals surface area contributed by atoms with Gasteiger partial charge in [-0.25, -0.2) is 4.79 Å². The Labute approximate surface area is 157 Å². The van der Waals surface area contributed by atoms with Crippen LogP contribution in [0.4, 0.5) is 0 Å². The molecular formula is C21H21NO5. The number of hydrogen-bond donors (Lipinski definition) is 0. The Morgan fingerprint density at radius 1 is 1.11 bits per heavy atom. The van der Waals surface area contributed by atoms with Crippen molar-refractivity contribution in [1.29, 1.82) is 0 Å². The van der Waals surface area contributed by atoms with Gasteiger partial charge in [-0.1, -0.05) is 30.3 Å². The molecule has 6 heteroatoms. The van der Waals surface area contributed by atoms with Gasteiger partial charge in [0, 0.05) is 13.5 Å². The molecule has 27 heavy (non-hydrogen) atoms. The van der Waals surface area contributed by atoms with Gasteiger partial charge in [-0.2, -0.15) is 0 Å². The predicted molar refractivity (Wildman–Crippen MR) is 98.3 cm³/mol. The number of rotatable bonds is 4. The molecule has 0 N–H and O–H groups in total. The summed E-state index contributed by atoms with van der Waals surface area (Å²) in [5, 5.41) is 0. The van der Waals surface area contributed by atoms with Gasteiger partial charge in [0.15, 0.2) is 0 Å². The number of carbonyl (C=O) groups excluding carboxylic acids is 3. The first-order valence-corrected chi connectivity index (χ1v) is 8.73. The van der Waals surface area contributed by atoms with Crippen LogP contribution >= 0.6 is 0 Å². The Bertz CT molecular complexity index is 876. The van der Waals surface area contributed by atoms with Crippen molar-refractivity contribution >= 4 is 17.8 Å². The van der Waals surface area contributed by atoms with Crippen LogP contribution in [-0.2, 0) is 20.7 Å². The van der Waals surface area contributed by atoms with Crippen molar-refractivity contribution in [2.45, 2.75) is 25.8 Å². The molecule has 140 valence electrons. The van der Waals surface area contributed by atoms with E-state index >= 15 is 0 Å². The zero-order valence-corrected chi connectivity index (χ0v) is 15.3. The second-order valence-electron chi connectivity index (χ2n) is 6.37. The standard InChI is InChI=1S/C21H21NO5/c1-14(23)22-11-10-15-6-3-4-9-18(15)19(22)13-20(24)27-17-8-5-7-16(12-17)21(25)26-2/h3-9,12,19H,10-11,13H2,1-2H3. The molecule has 0 radical (unpaired) electrons. The highest BCUT2D eigenvalue weighted by molar-refractivity contribution is 5.90. The van der Waals surface area contributed by atoms with Gasteiger partial charge < -0.3 is 14.4 Å². The van der Waals surface area contributed by atoms with Crippen molar-refractivity contribution in [3.63, 3.8) is 0 Å². The van der Waals surface area contributed by atoms with Crippen LogP contribution < -0.4 is 4.74 Å². The van der Waals surface area contributed by atoms with E-state index in [0.29, 0.717) is 12.1 Å². The molecule has 1 amide bonds. The van der Waals surface area contributed by atoms with E-state index in [0.717, 1.165) is 17.5 Å². The van der Waals surface area contributed by atoms with Gasteiger partial charge in [-0.3, -0.25) is 9.59 Å². The highest BCUT2D eigenvalue weighted by Gasteiger charge is 2.31. The maximum atomic E-state index is 12.5.